The summed E-state index contributed by atoms with van der Waals surface area (Å²) in [6, 6.07) is 32.3. The fraction of sp³-hybridized carbons (Fsp3) is 0.472. The van der Waals surface area contributed by atoms with Crippen LogP contribution in [0.2, 0.25) is 0 Å². The molecule has 308 valence electrons. The molecule has 1 aliphatic heterocycles. The topological polar surface area (TPSA) is 9.23 Å². The summed E-state index contributed by atoms with van der Waals surface area (Å²) >= 11 is 7.46. The average molecular weight is 847 g/mol. The molecule has 6 aromatic rings. The molecule has 0 bridgehead atoms. The third-order valence-corrected chi connectivity index (χ3v) is 16.8. The quantitative estimate of drug-likeness (QED) is 0.0494. The maximum Gasteiger partial charge on any atom is 0.140 e. The van der Waals surface area contributed by atoms with E-state index in [4.69, 9.17) is 4.74 Å². The van der Waals surface area contributed by atoms with Crippen molar-refractivity contribution in [2.24, 2.45) is 0 Å². The molecule has 1 nitrogen and oxygen atoms in total. The van der Waals surface area contributed by atoms with Crippen molar-refractivity contribution < 1.29 is 4.74 Å². The molecule has 0 fully saturated rings. The molecule has 4 aromatic heterocycles. The Morgan fingerprint density at radius 2 is 0.759 bits per heavy atom. The van der Waals surface area contributed by atoms with Gasteiger partial charge >= 0.3 is 0 Å². The Labute approximate surface area is 367 Å². The van der Waals surface area contributed by atoms with E-state index in [1.54, 1.807) is 0 Å². The van der Waals surface area contributed by atoms with Gasteiger partial charge in [0.1, 0.15) is 11.5 Å². The van der Waals surface area contributed by atoms with Gasteiger partial charge < -0.3 is 4.74 Å². The van der Waals surface area contributed by atoms with Gasteiger partial charge in [0, 0.05) is 56.9 Å². The lowest BCUT2D eigenvalue weighted by Crippen LogP contribution is -2.32. The van der Waals surface area contributed by atoms with E-state index < -0.39 is 0 Å². The van der Waals surface area contributed by atoms with Crippen LogP contribution in [0.3, 0.4) is 0 Å². The first-order chi connectivity index (χ1) is 28.7. The molecular formula is C53H66OS4. The second-order valence-electron chi connectivity index (χ2n) is 16.7. The predicted octanol–water partition coefficient (Wildman–Crippen LogP) is 19.6. The summed E-state index contributed by atoms with van der Waals surface area (Å²) < 4.78 is 7.42. The lowest BCUT2D eigenvalue weighted by Gasteiger charge is -2.42. The Bertz CT molecular complexity index is 1910. The van der Waals surface area contributed by atoms with E-state index in [1.165, 1.54) is 193 Å². The molecule has 0 N–H and O–H groups in total. The number of ether oxygens (including phenoxy) is 1. The third kappa shape index (κ3) is 10.9. The van der Waals surface area contributed by atoms with Gasteiger partial charge in [0.05, 0.1) is 0 Å². The van der Waals surface area contributed by atoms with Crippen LogP contribution in [-0.2, 0) is 5.41 Å². The molecule has 1 aliphatic rings. The van der Waals surface area contributed by atoms with Gasteiger partial charge in [-0.25, -0.2) is 0 Å². The molecule has 0 saturated heterocycles. The van der Waals surface area contributed by atoms with E-state index in [9.17, 15) is 0 Å². The summed E-state index contributed by atoms with van der Waals surface area (Å²) in [5.41, 5.74) is 5.23. The molecule has 2 aromatic carbocycles. The van der Waals surface area contributed by atoms with Crippen LogP contribution >= 0.6 is 45.3 Å². The Hall–Kier alpha value is -2.96. The highest BCUT2D eigenvalue weighted by atomic mass is 32.1. The van der Waals surface area contributed by atoms with E-state index in [0.29, 0.717) is 0 Å². The first-order valence-electron chi connectivity index (χ1n) is 22.9. The van der Waals surface area contributed by atoms with Gasteiger partial charge in [-0.3, -0.25) is 0 Å². The predicted molar refractivity (Wildman–Crippen MR) is 260 cm³/mol. The molecule has 0 atom stereocenters. The molecule has 0 amide bonds. The van der Waals surface area contributed by atoms with Crippen molar-refractivity contribution in [2.75, 3.05) is 0 Å². The van der Waals surface area contributed by atoms with Crippen molar-refractivity contribution in [3.8, 4) is 51.9 Å². The lowest BCUT2D eigenvalue weighted by atomic mass is 9.65. The lowest BCUT2D eigenvalue weighted by molar-refractivity contribution is 0.338. The molecule has 7 rings (SSSR count). The minimum atomic E-state index is -0.0864. The van der Waals surface area contributed by atoms with Crippen LogP contribution in [0.25, 0.3) is 40.4 Å². The Morgan fingerprint density at radius 1 is 0.379 bits per heavy atom. The van der Waals surface area contributed by atoms with Crippen LogP contribution in [0.5, 0.6) is 11.5 Å². The van der Waals surface area contributed by atoms with Crippen LogP contribution in [0.1, 0.15) is 166 Å². The second-order valence-corrected chi connectivity index (χ2v) is 20.8. The van der Waals surface area contributed by atoms with Gasteiger partial charge in [-0.2, -0.15) is 0 Å². The van der Waals surface area contributed by atoms with Gasteiger partial charge in [0.2, 0.25) is 0 Å². The number of benzene rings is 2. The van der Waals surface area contributed by atoms with Crippen molar-refractivity contribution >= 4 is 45.3 Å². The van der Waals surface area contributed by atoms with Crippen molar-refractivity contribution in [3.05, 3.63) is 107 Å². The molecule has 0 saturated carbocycles. The van der Waals surface area contributed by atoms with Crippen LogP contribution in [0, 0.1) is 0 Å². The number of unbranched alkanes of at least 4 members (excludes halogenated alkanes) is 18. The maximum atomic E-state index is 7.42. The minimum Gasteiger partial charge on any atom is -0.455 e. The minimum absolute atomic E-state index is 0.0864. The Morgan fingerprint density at radius 3 is 1.14 bits per heavy atom. The number of rotatable bonds is 26. The van der Waals surface area contributed by atoms with Crippen molar-refractivity contribution in [1.29, 1.82) is 0 Å². The fourth-order valence-electron chi connectivity index (χ4n) is 9.24. The van der Waals surface area contributed by atoms with Gasteiger partial charge in [0.25, 0.3) is 0 Å². The van der Waals surface area contributed by atoms with Crippen molar-refractivity contribution in [2.45, 2.75) is 161 Å². The molecular weight excluding hydrogens is 781 g/mol. The zero-order valence-electron chi connectivity index (χ0n) is 35.3. The molecule has 5 heterocycles. The second kappa shape index (κ2) is 22.6. The zero-order valence-corrected chi connectivity index (χ0v) is 38.6. The van der Waals surface area contributed by atoms with Gasteiger partial charge in [-0.05, 0) is 72.1 Å². The zero-order chi connectivity index (χ0) is 39.8. The number of para-hydroxylation sites is 2. The Kier molecular flexibility index (Phi) is 16.8. The van der Waals surface area contributed by atoms with Crippen molar-refractivity contribution in [1.82, 2.24) is 0 Å². The largest absolute Gasteiger partial charge is 0.455 e. The summed E-state index contributed by atoms with van der Waals surface area (Å²) in [5, 5.41) is 4.37. The van der Waals surface area contributed by atoms with Crippen molar-refractivity contribution in [3.63, 3.8) is 0 Å². The van der Waals surface area contributed by atoms with E-state index >= 15 is 0 Å². The summed E-state index contributed by atoms with van der Waals surface area (Å²) in [5.74, 6) is 2.19. The van der Waals surface area contributed by atoms with Crippen LogP contribution in [0.4, 0.5) is 0 Å². The molecule has 58 heavy (non-hydrogen) atoms. The molecule has 5 heteroatoms. The van der Waals surface area contributed by atoms with E-state index in [2.05, 4.69) is 110 Å². The summed E-state index contributed by atoms with van der Waals surface area (Å²) in [6.07, 6.45) is 29.6. The van der Waals surface area contributed by atoms with Crippen LogP contribution < -0.4 is 4.74 Å². The summed E-state index contributed by atoms with van der Waals surface area (Å²) in [4.78, 5) is 7.94. The number of fused-ring (bicyclic) bond motifs is 2. The molecule has 0 aliphatic carbocycles. The number of hydrogen-bond donors (Lipinski definition) is 0. The highest BCUT2D eigenvalue weighted by Gasteiger charge is 2.43. The normalized spacial score (nSPS) is 13.1. The van der Waals surface area contributed by atoms with Crippen LogP contribution in [-0.4, -0.2) is 0 Å². The summed E-state index contributed by atoms with van der Waals surface area (Å²) in [7, 11) is 0. The number of hydrogen-bond acceptors (Lipinski definition) is 5. The third-order valence-electron chi connectivity index (χ3n) is 12.5. The Balaban J connectivity index is 1.21. The molecule has 0 unspecified atom stereocenters. The molecule has 0 spiro atoms. The standard InChI is InChI=1S/C53H66OS4/c1-3-5-7-9-11-13-15-17-19-21-37-53(38-22-20-18-16-14-12-10-8-6-4-2)43-29-23-27-41(45-33-35-49(57-45)47-31-25-39-55-47)51(43)54-52-42(28-24-30-44(52)53)46-34-36-50(58-46)48-32-26-40-56-48/h23-36,39-40H,3-22,37-38H2,1-2H3. The maximum absolute atomic E-state index is 7.42. The highest BCUT2D eigenvalue weighted by molar-refractivity contribution is 7.23. The van der Waals surface area contributed by atoms with E-state index in [-0.39, 0.29) is 5.41 Å². The van der Waals surface area contributed by atoms with Gasteiger partial charge in [-0.15, -0.1) is 45.3 Å². The summed E-state index contributed by atoms with van der Waals surface area (Å²) in [6.45, 7) is 4.63. The average Bonchev–Trinajstić information content (AvgIpc) is 4.10. The fourth-order valence-corrected chi connectivity index (χ4v) is 13.0. The number of thiophene rings is 4. The van der Waals surface area contributed by atoms with E-state index in [0.717, 1.165) is 11.5 Å². The monoisotopic (exact) mass is 846 g/mol. The van der Waals surface area contributed by atoms with Crippen LogP contribution in [0.15, 0.2) is 95.7 Å². The smallest absolute Gasteiger partial charge is 0.140 e. The first-order valence-corrected chi connectivity index (χ1v) is 26.3. The molecule has 0 radical (unpaired) electrons. The SMILES string of the molecule is CCCCCCCCCCCCC1(CCCCCCCCCCCC)c2cccc(-c3ccc(-c4cccs4)s3)c2Oc2c(-c3ccc(-c4cccs4)s3)cccc21. The van der Waals surface area contributed by atoms with Gasteiger partial charge in [0.15, 0.2) is 0 Å². The first kappa shape index (κ1) is 43.1. The van der Waals surface area contributed by atoms with E-state index in [1.807, 2.05) is 45.3 Å². The highest BCUT2D eigenvalue weighted by Crippen LogP contribution is 2.59. The van der Waals surface area contributed by atoms with Gasteiger partial charge in [-0.1, -0.05) is 179 Å².